The van der Waals surface area contributed by atoms with Gasteiger partial charge >= 0.3 is 0 Å². The van der Waals surface area contributed by atoms with Crippen molar-refractivity contribution in [2.75, 3.05) is 30.3 Å². The molecule has 0 aliphatic carbocycles. The number of anilines is 2. The van der Waals surface area contributed by atoms with E-state index in [9.17, 15) is 14.4 Å². The SMILES string of the molecule is C=CCNC(=O)c1ccccc1NCC(=O)NCC(=O)Nc1c(C)cc(C)cc1C. The van der Waals surface area contributed by atoms with Crippen LogP contribution >= 0.6 is 0 Å². The molecule has 4 N–H and O–H groups in total. The Hall–Kier alpha value is -3.61. The summed E-state index contributed by atoms with van der Waals surface area (Å²) in [6, 6.07) is 10.9. The first kappa shape index (κ1) is 22.7. The Morgan fingerprint density at radius 1 is 0.933 bits per heavy atom. The average molecular weight is 409 g/mol. The maximum Gasteiger partial charge on any atom is 0.253 e. The lowest BCUT2D eigenvalue weighted by atomic mass is 10.1. The average Bonchev–Trinajstić information content (AvgIpc) is 2.71. The van der Waals surface area contributed by atoms with Crippen LogP contribution in [-0.4, -0.2) is 37.4 Å². The summed E-state index contributed by atoms with van der Waals surface area (Å²) in [6.45, 7) is 9.57. The normalized spacial score (nSPS) is 10.1. The van der Waals surface area contributed by atoms with Crippen molar-refractivity contribution in [3.05, 3.63) is 71.3 Å². The number of aryl methyl sites for hydroxylation is 3. The summed E-state index contributed by atoms with van der Waals surface area (Å²) in [4.78, 5) is 36.5. The van der Waals surface area contributed by atoms with Gasteiger partial charge < -0.3 is 21.3 Å². The molecule has 0 spiro atoms. The van der Waals surface area contributed by atoms with Gasteiger partial charge in [-0.3, -0.25) is 14.4 Å². The summed E-state index contributed by atoms with van der Waals surface area (Å²) in [5, 5.41) is 11.1. The lowest BCUT2D eigenvalue weighted by Crippen LogP contribution is -2.36. The molecule has 2 aromatic rings. The first-order chi connectivity index (χ1) is 14.3. The zero-order chi connectivity index (χ0) is 22.1. The van der Waals surface area contributed by atoms with Gasteiger partial charge in [0.15, 0.2) is 0 Å². The number of carbonyl (C=O) groups excluding carboxylic acids is 3. The molecule has 2 rings (SSSR count). The lowest BCUT2D eigenvalue weighted by Gasteiger charge is -2.14. The first-order valence-corrected chi connectivity index (χ1v) is 9.68. The molecule has 0 fully saturated rings. The number of hydrogen-bond acceptors (Lipinski definition) is 4. The van der Waals surface area contributed by atoms with Crippen molar-refractivity contribution >= 4 is 29.1 Å². The molecular formula is C23H28N4O3. The largest absolute Gasteiger partial charge is 0.376 e. The van der Waals surface area contributed by atoms with Gasteiger partial charge in [-0.25, -0.2) is 0 Å². The highest BCUT2D eigenvalue weighted by Gasteiger charge is 2.12. The van der Waals surface area contributed by atoms with Crippen molar-refractivity contribution in [2.45, 2.75) is 20.8 Å². The molecule has 0 aliphatic rings. The number of rotatable bonds is 9. The highest BCUT2D eigenvalue weighted by atomic mass is 16.2. The van der Waals surface area contributed by atoms with Crippen LogP contribution in [0.25, 0.3) is 0 Å². The van der Waals surface area contributed by atoms with Crippen LogP contribution < -0.4 is 21.3 Å². The molecule has 3 amide bonds. The van der Waals surface area contributed by atoms with Crippen LogP contribution in [0.3, 0.4) is 0 Å². The van der Waals surface area contributed by atoms with Crippen molar-refractivity contribution in [3.63, 3.8) is 0 Å². The Labute approximate surface area is 176 Å². The van der Waals surface area contributed by atoms with Gasteiger partial charge in [0.25, 0.3) is 5.91 Å². The van der Waals surface area contributed by atoms with E-state index in [-0.39, 0.29) is 30.8 Å². The summed E-state index contributed by atoms with van der Waals surface area (Å²) in [7, 11) is 0. The van der Waals surface area contributed by atoms with E-state index in [1.807, 2.05) is 32.9 Å². The fourth-order valence-electron chi connectivity index (χ4n) is 3.07. The van der Waals surface area contributed by atoms with Crippen molar-refractivity contribution in [3.8, 4) is 0 Å². The van der Waals surface area contributed by atoms with Gasteiger partial charge in [0.2, 0.25) is 11.8 Å². The molecule has 2 aromatic carbocycles. The topological polar surface area (TPSA) is 99.3 Å². The highest BCUT2D eigenvalue weighted by molar-refractivity contribution is 6.00. The molecule has 7 nitrogen and oxygen atoms in total. The smallest absolute Gasteiger partial charge is 0.253 e. The molecular weight excluding hydrogens is 380 g/mol. The Balaban J connectivity index is 1.87. The van der Waals surface area contributed by atoms with E-state index in [1.165, 1.54) is 0 Å². The van der Waals surface area contributed by atoms with E-state index >= 15 is 0 Å². The number of carbonyl (C=O) groups is 3. The molecule has 7 heteroatoms. The quantitative estimate of drug-likeness (QED) is 0.480. The fraction of sp³-hybridized carbons (Fsp3) is 0.261. The van der Waals surface area contributed by atoms with Gasteiger partial charge in [-0.05, 0) is 44.0 Å². The van der Waals surface area contributed by atoms with Crippen LogP contribution in [0.2, 0.25) is 0 Å². The summed E-state index contributed by atoms with van der Waals surface area (Å²) < 4.78 is 0. The number of para-hydroxylation sites is 1. The zero-order valence-corrected chi connectivity index (χ0v) is 17.6. The predicted molar refractivity (Wildman–Crippen MR) is 120 cm³/mol. The molecule has 0 aliphatic heterocycles. The fourth-order valence-corrected chi connectivity index (χ4v) is 3.07. The third kappa shape index (κ3) is 6.48. The van der Waals surface area contributed by atoms with Gasteiger partial charge in [0.05, 0.1) is 18.7 Å². The summed E-state index contributed by atoms with van der Waals surface area (Å²) >= 11 is 0. The Kier molecular flexibility index (Phi) is 8.17. The third-order valence-electron chi connectivity index (χ3n) is 4.41. The molecule has 0 saturated carbocycles. The second kappa shape index (κ2) is 10.8. The van der Waals surface area contributed by atoms with E-state index in [2.05, 4.69) is 27.8 Å². The van der Waals surface area contributed by atoms with Gasteiger partial charge in [-0.15, -0.1) is 6.58 Å². The van der Waals surface area contributed by atoms with Crippen LogP contribution in [-0.2, 0) is 9.59 Å². The minimum absolute atomic E-state index is 0.0678. The molecule has 0 atom stereocenters. The predicted octanol–water partition coefficient (Wildman–Crippen LogP) is 2.69. The molecule has 0 bridgehead atoms. The Morgan fingerprint density at radius 2 is 1.60 bits per heavy atom. The summed E-state index contributed by atoms with van der Waals surface area (Å²) in [5.74, 6) is -0.923. The molecule has 0 heterocycles. The van der Waals surface area contributed by atoms with E-state index in [4.69, 9.17) is 0 Å². The lowest BCUT2D eigenvalue weighted by molar-refractivity contribution is -0.122. The zero-order valence-electron chi connectivity index (χ0n) is 17.6. The highest BCUT2D eigenvalue weighted by Crippen LogP contribution is 2.21. The van der Waals surface area contributed by atoms with Crippen molar-refractivity contribution in [1.29, 1.82) is 0 Å². The van der Waals surface area contributed by atoms with Gasteiger partial charge in [-0.1, -0.05) is 35.9 Å². The Bertz CT molecular complexity index is 930. The Morgan fingerprint density at radius 3 is 2.27 bits per heavy atom. The maximum absolute atomic E-state index is 12.2. The summed E-state index contributed by atoms with van der Waals surface area (Å²) in [5.41, 5.74) is 4.79. The number of benzene rings is 2. The molecule has 0 saturated heterocycles. The third-order valence-corrected chi connectivity index (χ3v) is 4.41. The maximum atomic E-state index is 12.2. The molecule has 0 unspecified atom stereocenters. The first-order valence-electron chi connectivity index (χ1n) is 9.68. The number of amides is 3. The molecule has 0 aromatic heterocycles. The minimum Gasteiger partial charge on any atom is -0.376 e. The van der Waals surface area contributed by atoms with Crippen molar-refractivity contribution < 1.29 is 14.4 Å². The van der Waals surface area contributed by atoms with Gasteiger partial charge in [-0.2, -0.15) is 0 Å². The van der Waals surface area contributed by atoms with Crippen LogP contribution in [0.1, 0.15) is 27.0 Å². The van der Waals surface area contributed by atoms with Crippen LogP contribution in [0.15, 0.2) is 49.1 Å². The second-order valence-electron chi connectivity index (χ2n) is 7.00. The van der Waals surface area contributed by atoms with E-state index in [0.29, 0.717) is 17.8 Å². The molecule has 158 valence electrons. The van der Waals surface area contributed by atoms with Crippen molar-refractivity contribution in [1.82, 2.24) is 10.6 Å². The summed E-state index contributed by atoms with van der Waals surface area (Å²) in [6.07, 6.45) is 1.59. The minimum atomic E-state index is -0.358. The van der Waals surface area contributed by atoms with Gasteiger partial charge in [0.1, 0.15) is 0 Å². The molecule has 0 radical (unpaired) electrons. The number of nitrogens with one attached hydrogen (secondary N) is 4. The van der Waals surface area contributed by atoms with Crippen LogP contribution in [0.4, 0.5) is 11.4 Å². The van der Waals surface area contributed by atoms with E-state index < -0.39 is 0 Å². The van der Waals surface area contributed by atoms with Crippen LogP contribution in [0, 0.1) is 20.8 Å². The van der Waals surface area contributed by atoms with Gasteiger partial charge in [0, 0.05) is 17.9 Å². The molecule has 30 heavy (non-hydrogen) atoms. The van der Waals surface area contributed by atoms with E-state index in [0.717, 1.165) is 22.4 Å². The van der Waals surface area contributed by atoms with E-state index in [1.54, 1.807) is 30.3 Å². The second-order valence-corrected chi connectivity index (χ2v) is 7.00. The number of hydrogen-bond donors (Lipinski definition) is 4. The van der Waals surface area contributed by atoms with Crippen LogP contribution in [0.5, 0.6) is 0 Å². The van der Waals surface area contributed by atoms with Crippen molar-refractivity contribution in [2.24, 2.45) is 0 Å². The monoisotopic (exact) mass is 408 g/mol. The standard InChI is InChI=1S/C23H28N4O3/c1-5-10-24-23(30)18-8-6-7-9-19(18)25-13-20(28)26-14-21(29)27-22-16(3)11-15(2)12-17(22)4/h5-9,11-12,25H,1,10,13-14H2,2-4H3,(H,24,30)(H,26,28)(H,27,29).